The monoisotopic (exact) mass is 305 g/mol. The molecular weight excluding hydrogens is 274 g/mol. The molecule has 1 aromatic rings. The van der Waals surface area contributed by atoms with E-state index < -0.39 is 0 Å². The van der Waals surface area contributed by atoms with Gasteiger partial charge >= 0.3 is 0 Å². The van der Waals surface area contributed by atoms with Gasteiger partial charge in [-0.1, -0.05) is 25.5 Å². The fourth-order valence-electron chi connectivity index (χ4n) is 2.99. The molecule has 1 unspecified atom stereocenters. The smallest absolute Gasteiger partial charge is 0.119 e. The van der Waals surface area contributed by atoms with Crippen molar-refractivity contribution in [2.24, 2.45) is 5.92 Å². The van der Waals surface area contributed by atoms with Crippen molar-refractivity contribution < 1.29 is 9.47 Å². The van der Waals surface area contributed by atoms with Crippen LogP contribution in [0.4, 0.5) is 0 Å². The van der Waals surface area contributed by atoms with Gasteiger partial charge in [0, 0.05) is 13.2 Å². The van der Waals surface area contributed by atoms with Gasteiger partial charge in [-0.15, -0.1) is 0 Å². The van der Waals surface area contributed by atoms with E-state index in [1.165, 1.54) is 18.4 Å². The van der Waals surface area contributed by atoms with E-state index in [1.807, 2.05) is 0 Å². The number of hydrogen-bond donors (Lipinski definition) is 1. The molecular formula is C19H31NO2. The number of ether oxygens (including phenoxy) is 2. The van der Waals surface area contributed by atoms with Gasteiger partial charge in [0.15, 0.2) is 0 Å². The molecule has 1 aliphatic heterocycles. The first-order chi connectivity index (χ1) is 10.6. The Bertz CT molecular complexity index is 428. The van der Waals surface area contributed by atoms with Gasteiger partial charge < -0.3 is 14.8 Å². The molecule has 0 aliphatic carbocycles. The van der Waals surface area contributed by atoms with Crippen molar-refractivity contribution in [2.75, 3.05) is 19.8 Å². The molecule has 0 saturated carbocycles. The summed E-state index contributed by atoms with van der Waals surface area (Å²) in [6.45, 7) is 10.3. The van der Waals surface area contributed by atoms with Crippen molar-refractivity contribution in [1.29, 1.82) is 0 Å². The van der Waals surface area contributed by atoms with Crippen LogP contribution in [0.15, 0.2) is 24.3 Å². The SMILES string of the molecule is CCCCOc1ccc(CNCC2CCOC(C)(C)C2)cc1. The quantitative estimate of drug-likeness (QED) is 0.732. The molecule has 22 heavy (non-hydrogen) atoms. The molecule has 2 rings (SSSR count). The Morgan fingerprint density at radius 1 is 1.27 bits per heavy atom. The summed E-state index contributed by atoms with van der Waals surface area (Å²) in [6, 6.07) is 8.46. The van der Waals surface area contributed by atoms with Crippen molar-refractivity contribution in [3.8, 4) is 5.75 Å². The molecule has 0 amide bonds. The minimum absolute atomic E-state index is 0.0437. The van der Waals surface area contributed by atoms with Crippen LogP contribution < -0.4 is 10.1 Å². The van der Waals surface area contributed by atoms with Gasteiger partial charge in [0.1, 0.15) is 5.75 Å². The zero-order valence-electron chi connectivity index (χ0n) is 14.4. The summed E-state index contributed by atoms with van der Waals surface area (Å²) in [5.41, 5.74) is 1.36. The van der Waals surface area contributed by atoms with Gasteiger partial charge in [0.2, 0.25) is 0 Å². The molecule has 0 radical (unpaired) electrons. The molecule has 1 atom stereocenters. The van der Waals surface area contributed by atoms with E-state index in [9.17, 15) is 0 Å². The van der Waals surface area contributed by atoms with Crippen LogP contribution >= 0.6 is 0 Å². The van der Waals surface area contributed by atoms with Crippen LogP contribution in [-0.4, -0.2) is 25.4 Å². The van der Waals surface area contributed by atoms with Crippen molar-refractivity contribution in [1.82, 2.24) is 5.32 Å². The Morgan fingerprint density at radius 3 is 2.73 bits per heavy atom. The highest BCUT2D eigenvalue weighted by Gasteiger charge is 2.28. The van der Waals surface area contributed by atoms with Crippen molar-refractivity contribution >= 4 is 0 Å². The summed E-state index contributed by atoms with van der Waals surface area (Å²) in [5.74, 6) is 1.70. The van der Waals surface area contributed by atoms with Crippen LogP contribution in [0.5, 0.6) is 5.75 Å². The van der Waals surface area contributed by atoms with Gasteiger partial charge in [0.25, 0.3) is 0 Å². The lowest BCUT2D eigenvalue weighted by atomic mass is 9.88. The van der Waals surface area contributed by atoms with Gasteiger partial charge in [0.05, 0.1) is 12.2 Å². The number of unbranched alkanes of at least 4 members (excludes halogenated alkanes) is 1. The summed E-state index contributed by atoms with van der Waals surface area (Å²) in [4.78, 5) is 0. The standard InChI is InChI=1S/C19H31NO2/c1-4-5-11-21-18-8-6-16(7-9-18)14-20-15-17-10-12-22-19(2,3)13-17/h6-9,17,20H,4-5,10-15H2,1-3H3. The van der Waals surface area contributed by atoms with Crippen LogP contribution in [0.1, 0.15) is 52.0 Å². The molecule has 0 bridgehead atoms. The molecule has 1 aromatic carbocycles. The van der Waals surface area contributed by atoms with E-state index in [2.05, 4.69) is 50.4 Å². The minimum atomic E-state index is 0.0437. The molecule has 1 N–H and O–H groups in total. The Hall–Kier alpha value is -1.06. The molecule has 1 saturated heterocycles. The lowest BCUT2D eigenvalue weighted by molar-refractivity contribution is -0.0718. The maximum Gasteiger partial charge on any atom is 0.119 e. The van der Waals surface area contributed by atoms with Gasteiger partial charge in [-0.3, -0.25) is 0 Å². The zero-order valence-corrected chi connectivity index (χ0v) is 14.4. The fraction of sp³-hybridized carbons (Fsp3) is 0.684. The Morgan fingerprint density at radius 2 is 2.05 bits per heavy atom. The number of benzene rings is 1. The number of nitrogens with one attached hydrogen (secondary N) is 1. The Balaban J connectivity index is 1.68. The van der Waals surface area contributed by atoms with Gasteiger partial charge in [-0.2, -0.15) is 0 Å². The van der Waals surface area contributed by atoms with Gasteiger partial charge in [-0.05, 0) is 63.3 Å². The van der Waals surface area contributed by atoms with E-state index in [1.54, 1.807) is 0 Å². The molecule has 0 spiro atoms. The third kappa shape index (κ3) is 5.98. The summed E-state index contributed by atoms with van der Waals surface area (Å²) < 4.78 is 11.5. The predicted molar refractivity (Wildman–Crippen MR) is 91.3 cm³/mol. The van der Waals surface area contributed by atoms with Crippen molar-refractivity contribution in [3.05, 3.63) is 29.8 Å². The summed E-state index contributed by atoms with van der Waals surface area (Å²) >= 11 is 0. The first kappa shape index (κ1) is 17.3. The van der Waals surface area contributed by atoms with Crippen LogP contribution in [0.25, 0.3) is 0 Å². The number of hydrogen-bond acceptors (Lipinski definition) is 3. The molecule has 1 aliphatic rings. The van der Waals surface area contributed by atoms with Crippen molar-refractivity contribution in [3.63, 3.8) is 0 Å². The molecule has 1 heterocycles. The average Bonchev–Trinajstić information content (AvgIpc) is 2.48. The molecule has 1 fully saturated rings. The topological polar surface area (TPSA) is 30.5 Å². The maximum atomic E-state index is 5.77. The van der Waals surface area contributed by atoms with Crippen LogP contribution in [0, 0.1) is 5.92 Å². The first-order valence-electron chi connectivity index (χ1n) is 8.65. The summed E-state index contributed by atoms with van der Waals surface area (Å²) in [6.07, 6.45) is 4.60. The second-order valence-electron chi connectivity index (χ2n) is 6.94. The van der Waals surface area contributed by atoms with E-state index in [-0.39, 0.29) is 5.60 Å². The normalized spacial score (nSPS) is 20.8. The molecule has 0 aromatic heterocycles. The molecule has 3 heteroatoms. The van der Waals surface area contributed by atoms with E-state index >= 15 is 0 Å². The lowest BCUT2D eigenvalue weighted by Crippen LogP contribution is -2.37. The third-order valence-electron chi connectivity index (χ3n) is 4.25. The molecule has 3 nitrogen and oxygen atoms in total. The predicted octanol–water partition coefficient (Wildman–Crippen LogP) is 4.16. The largest absolute Gasteiger partial charge is 0.494 e. The maximum absolute atomic E-state index is 5.77. The fourth-order valence-corrected chi connectivity index (χ4v) is 2.99. The van der Waals surface area contributed by atoms with Crippen molar-refractivity contribution in [2.45, 2.75) is 58.6 Å². The Labute approximate surface area is 135 Å². The minimum Gasteiger partial charge on any atom is -0.494 e. The van der Waals surface area contributed by atoms with Crippen LogP contribution in [0.2, 0.25) is 0 Å². The summed E-state index contributed by atoms with van der Waals surface area (Å²) in [5, 5.41) is 3.58. The van der Waals surface area contributed by atoms with E-state index in [0.29, 0.717) is 0 Å². The second kappa shape index (κ2) is 8.54. The van der Waals surface area contributed by atoms with E-state index in [0.717, 1.165) is 50.8 Å². The third-order valence-corrected chi connectivity index (χ3v) is 4.25. The van der Waals surface area contributed by atoms with Gasteiger partial charge in [-0.25, -0.2) is 0 Å². The van der Waals surface area contributed by atoms with E-state index in [4.69, 9.17) is 9.47 Å². The summed E-state index contributed by atoms with van der Waals surface area (Å²) in [7, 11) is 0. The lowest BCUT2D eigenvalue weighted by Gasteiger charge is -2.35. The highest BCUT2D eigenvalue weighted by atomic mass is 16.5. The number of rotatable bonds is 8. The van der Waals surface area contributed by atoms with Crippen LogP contribution in [-0.2, 0) is 11.3 Å². The highest BCUT2D eigenvalue weighted by molar-refractivity contribution is 5.27. The average molecular weight is 305 g/mol. The zero-order chi connectivity index (χ0) is 15.8. The first-order valence-corrected chi connectivity index (χ1v) is 8.65. The van der Waals surface area contributed by atoms with Crippen LogP contribution in [0.3, 0.4) is 0 Å². The molecule has 124 valence electrons. The second-order valence-corrected chi connectivity index (χ2v) is 6.94. The highest BCUT2D eigenvalue weighted by Crippen LogP contribution is 2.28. The Kier molecular flexibility index (Phi) is 6.71.